The van der Waals surface area contributed by atoms with E-state index < -0.39 is 6.09 Å². The maximum absolute atomic E-state index is 12.8. The summed E-state index contributed by atoms with van der Waals surface area (Å²) in [5, 5.41) is 5.70. The van der Waals surface area contributed by atoms with Gasteiger partial charge in [0.2, 0.25) is 5.91 Å². The maximum atomic E-state index is 12.8. The molecule has 1 fully saturated rings. The third kappa shape index (κ3) is 5.40. The molecular weight excluding hydrogens is 408 g/mol. The van der Waals surface area contributed by atoms with Crippen molar-refractivity contribution in [2.24, 2.45) is 5.73 Å². The van der Waals surface area contributed by atoms with Gasteiger partial charge in [0.05, 0.1) is 23.5 Å². The van der Waals surface area contributed by atoms with Crippen LogP contribution in [-0.4, -0.2) is 75.0 Å². The Balaban J connectivity index is 1.83. The van der Waals surface area contributed by atoms with Gasteiger partial charge in [0.15, 0.2) is 0 Å². The van der Waals surface area contributed by atoms with Gasteiger partial charge in [-0.1, -0.05) is 6.07 Å². The molecule has 2 unspecified atom stereocenters. The van der Waals surface area contributed by atoms with E-state index in [1.807, 2.05) is 39.0 Å². The number of rotatable bonds is 7. The molecule has 2 aliphatic heterocycles. The summed E-state index contributed by atoms with van der Waals surface area (Å²) < 4.78 is 5.49. The number of anilines is 2. The number of carbonyl (C=O) groups is 2. The number of nitrogens with zero attached hydrogens (tertiary/aromatic N) is 3. The molecule has 0 spiro atoms. The van der Waals surface area contributed by atoms with Crippen molar-refractivity contribution in [2.75, 3.05) is 49.6 Å². The molecule has 1 aromatic rings. The van der Waals surface area contributed by atoms with E-state index in [2.05, 4.69) is 22.8 Å². The number of benzene rings is 1. The minimum Gasteiger partial charge on any atom is -0.446 e. The summed E-state index contributed by atoms with van der Waals surface area (Å²) in [5.74, 6) is 0.0442. The molecule has 3 rings (SSSR count). The molecule has 1 aromatic carbocycles. The number of carbonyl (C=O) groups excluding carboxylic acids is 2. The first-order valence-corrected chi connectivity index (χ1v) is 11.5. The lowest BCUT2D eigenvalue weighted by Crippen LogP contribution is -2.51. The lowest BCUT2D eigenvalue weighted by atomic mass is 9.96. The van der Waals surface area contributed by atoms with E-state index in [0.29, 0.717) is 24.8 Å². The third-order valence-corrected chi connectivity index (χ3v) is 6.25. The minimum atomic E-state index is -0.396. The van der Waals surface area contributed by atoms with E-state index in [-0.39, 0.29) is 24.0 Å². The zero-order chi connectivity index (χ0) is 23.4. The smallest absolute Gasteiger partial charge is 0.414 e. The van der Waals surface area contributed by atoms with Crippen molar-refractivity contribution in [2.45, 2.75) is 58.2 Å². The Kier molecular flexibility index (Phi) is 8.10. The van der Waals surface area contributed by atoms with Crippen LogP contribution >= 0.6 is 0 Å². The highest BCUT2D eigenvalue weighted by Crippen LogP contribution is 2.38. The van der Waals surface area contributed by atoms with Gasteiger partial charge in [-0.3, -0.25) is 15.1 Å². The quantitative estimate of drug-likeness (QED) is 0.585. The van der Waals surface area contributed by atoms with Gasteiger partial charge in [-0.05, 0) is 44.9 Å². The lowest BCUT2D eigenvalue weighted by Gasteiger charge is -2.40. The summed E-state index contributed by atoms with van der Waals surface area (Å²) in [5.41, 5.74) is 11.9. The Morgan fingerprint density at radius 1 is 1.31 bits per heavy atom. The lowest BCUT2D eigenvalue weighted by molar-refractivity contribution is -0.117. The van der Waals surface area contributed by atoms with Crippen molar-refractivity contribution in [3.63, 3.8) is 0 Å². The summed E-state index contributed by atoms with van der Waals surface area (Å²) >= 11 is 0. The van der Waals surface area contributed by atoms with Crippen molar-refractivity contribution in [3.8, 4) is 0 Å². The van der Waals surface area contributed by atoms with Crippen LogP contribution < -0.4 is 26.3 Å². The average molecular weight is 447 g/mol. The largest absolute Gasteiger partial charge is 0.446 e. The second-order valence-electron chi connectivity index (χ2n) is 9.08. The minimum absolute atomic E-state index is 0.0466. The van der Waals surface area contributed by atoms with E-state index in [1.165, 1.54) is 0 Å². The van der Waals surface area contributed by atoms with Gasteiger partial charge in [0.1, 0.15) is 0 Å². The molecule has 0 radical (unpaired) electrons. The highest BCUT2D eigenvalue weighted by Gasteiger charge is 2.35. The van der Waals surface area contributed by atoms with Crippen LogP contribution in [0.5, 0.6) is 0 Å². The average Bonchev–Trinajstić information content (AvgIpc) is 3.14. The van der Waals surface area contributed by atoms with Crippen molar-refractivity contribution in [1.82, 2.24) is 15.8 Å². The SMILES string of the molecule is CC(=O)N1c2ccc(C(CN)CNCC3CCNN3C)cc2N(C(=O)OC(C)C)C[C@@H]1C. The van der Waals surface area contributed by atoms with Crippen LogP contribution in [0, 0.1) is 0 Å². The molecule has 0 aromatic heterocycles. The maximum Gasteiger partial charge on any atom is 0.414 e. The predicted octanol–water partition coefficient (Wildman–Crippen LogP) is 1.63. The van der Waals surface area contributed by atoms with Crippen molar-refractivity contribution < 1.29 is 14.3 Å². The Hall–Kier alpha value is -2.20. The number of ether oxygens (including phenoxy) is 1. The zero-order valence-electron chi connectivity index (χ0n) is 19.9. The van der Waals surface area contributed by atoms with E-state index >= 15 is 0 Å². The second kappa shape index (κ2) is 10.6. The first kappa shape index (κ1) is 24.4. The monoisotopic (exact) mass is 446 g/mol. The Morgan fingerprint density at radius 2 is 2.06 bits per heavy atom. The molecule has 3 atom stereocenters. The summed E-state index contributed by atoms with van der Waals surface area (Å²) in [6, 6.07) is 6.25. The Labute approximate surface area is 191 Å². The van der Waals surface area contributed by atoms with Crippen LogP contribution in [0.3, 0.4) is 0 Å². The third-order valence-electron chi connectivity index (χ3n) is 6.25. The summed E-state index contributed by atoms with van der Waals surface area (Å²) in [4.78, 5) is 28.6. The van der Waals surface area contributed by atoms with Crippen LogP contribution in [0.25, 0.3) is 0 Å². The van der Waals surface area contributed by atoms with Gasteiger partial charge in [-0.2, -0.15) is 0 Å². The first-order valence-electron chi connectivity index (χ1n) is 11.5. The molecule has 9 nitrogen and oxygen atoms in total. The Morgan fingerprint density at radius 3 is 2.66 bits per heavy atom. The van der Waals surface area contributed by atoms with E-state index in [4.69, 9.17) is 10.5 Å². The van der Waals surface area contributed by atoms with Crippen LogP contribution in [0.2, 0.25) is 0 Å². The fourth-order valence-corrected chi connectivity index (χ4v) is 4.54. The van der Waals surface area contributed by atoms with Gasteiger partial charge < -0.3 is 20.7 Å². The number of likely N-dealkylation sites (N-methyl/N-ethyl adjacent to an activating group) is 1. The molecule has 2 aliphatic rings. The second-order valence-corrected chi connectivity index (χ2v) is 9.08. The number of hydrogen-bond donors (Lipinski definition) is 3. The van der Waals surface area contributed by atoms with E-state index in [1.54, 1.807) is 16.7 Å². The fraction of sp³-hybridized carbons (Fsp3) is 0.652. The molecule has 0 saturated carbocycles. The van der Waals surface area contributed by atoms with Gasteiger partial charge in [0.25, 0.3) is 0 Å². The molecule has 4 N–H and O–H groups in total. The number of nitrogens with one attached hydrogen (secondary N) is 2. The molecule has 32 heavy (non-hydrogen) atoms. The van der Waals surface area contributed by atoms with Gasteiger partial charge in [-0.15, -0.1) is 0 Å². The van der Waals surface area contributed by atoms with Gasteiger partial charge in [0, 0.05) is 58.7 Å². The number of hydrogen-bond acceptors (Lipinski definition) is 7. The molecule has 1 saturated heterocycles. The van der Waals surface area contributed by atoms with Crippen LogP contribution in [0.1, 0.15) is 45.6 Å². The molecule has 0 bridgehead atoms. The molecular formula is C23H38N6O3. The van der Waals surface area contributed by atoms with E-state index in [9.17, 15) is 9.59 Å². The van der Waals surface area contributed by atoms with Gasteiger partial charge >= 0.3 is 6.09 Å². The van der Waals surface area contributed by atoms with Crippen LogP contribution in [-0.2, 0) is 9.53 Å². The number of fused-ring (bicyclic) bond motifs is 1. The van der Waals surface area contributed by atoms with Crippen molar-refractivity contribution >= 4 is 23.4 Å². The van der Waals surface area contributed by atoms with Crippen LogP contribution in [0.4, 0.5) is 16.2 Å². The Bertz CT molecular complexity index is 817. The molecule has 9 heteroatoms. The van der Waals surface area contributed by atoms with Crippen LogP contribution in [0.15, 0.2) is 18.2 Å². The van der Waals surface area contributed by atoms with Gasteiger partial charge in [-0.25, -0.2) is 9.80 Å². The first-order chi connectivity index (χ1) is 15.2. The number of hydrazine groups is 1. The molecule has 2 amide bonds. The van der Waals surface area contributed by atoms with E-state index in [0.717, 1.165) is 37.3 Å². The normalized spacial score (nSPS) is 22.2. The van der Waals surface area contributed by atoms with Crippen molar-refractivity contribution in [3.05, 3.63) is 23.8 Å². The number of amides is 2. The van der Waals surface area contributed by atoms with Crippen molar-refractivity contribution in [1.29, 1.82) is 0 Å². The highest BCUT2D eigenvalue weighted by molar-refractivity contribution is 6.02. The number of nitrogens with two attached hydrogens (primary N) is 1. The topological polar surface area (TPSA) is 103 Å². The fourth-order valence-electron chi connectivity index (χ4n) is 4.54. The highest BCUT2D eigenvalue weighted by atomic mass is 16.6. The standard InChI is InChI=1S/C23H38N6O3/c1-15(2)32-23(31)28-14-16(3)29(17(4)30)21-7-6-18(10-22(21)28)19(11-24)12-25-13-20-8-9-26-27(20)5/h6-7,10,15-16,19-20,25-26H,8-9,11-14,24H2,1-5H3/t16-,19?,20?/m0/s1. The molecule has 178 valence electrons. The summed E-state index contributed by atoms with van der Waals surface area (Å²) in [7, 11) is 2.07. The molecule has 2 heterocycles. The summed E-state index contributed by atoms with van der Waals surface area (Å²) in [6.45, 7) is 10.6. The predicted molar refractivity (Wildman–Crippen MR) is 127 cm³/mol. The summed E-state index contributed by atoms with van der Waals surface area (Å²) in [6.07, 6.45) is 0.494. The zero-order valence-corrected chi connectivity index (χ0v) is 19.9. The molecule has 0 aliphatic carbocycles.